The Morgan fingerprint density at radius 3 is 1.67 bits per heavy atom. The molecular weight excluding hydrogens is 422 g/mol. The molecule has 0 saturated heterocycles. The molecule has 0 aliphatic heterocycles. The molecule has 0 aliphatic rings. The molecule has 0 atom stereocenters. The Bertz CT molecular complexity index is 425. The lowest BCUT2D eigenvalue weighted by molar-refractivity contribution is -0.977. The molecule has 0 rings (SSSR count). The van der Waals surface area contributed by atoms with Gasteiger partial charge in [0.25, 0.3) is 0 Å². The summed E-state index contributed by atoms with van der Waals surface area (Å²) in [6, 6.07) is 0. The molecule has 0 saturated carbocycles. The van der Waals surface area contributed by atoms with Crippen LogP contribution in [0.5, 0.6) is 0 Å². The summed E-state index contributed by atoms with van der Waals surface area (Å²) in [5, 5.41) is 9.89. The molecule has 8 heteroatoms. The molecule has 0 aliphatic carbocycles. The molecule has 8 nitrogen and oxygen atoms in total. The Balaban J connectivity index is 0. The van der Waals surface area contributed by atoms with E-state index in [0.717, 1.165) is 19.4 Å². The zero-order valence-electron chi connectivity index (χ0n) is 22.1. The number of nitrogens with zero attached hydrogens (tertiary/aromatic N) is 2. The topological polar surface area (TPSA) is 91.1 Å². The van der Waals surface area contributed by atoms with Crippen molar-refractivity contribution in [2.45, 2.75) is 123 Å². The number of hydrogen-bond acceptors (Lipinski definition) is 6. The summed E-state index contributed by atoms with van der Waals surface area (Å²) in [6.07, 6.45) is 22.2. The van der Waals surface area contributed by atoms with E-state index in [4.69, 9.17) is 5.11 Å². The zero-order valence-corrected chi connectivity index (χ0v) is 22.1. The Kier molecular flexibility index (Phi) is 29.3. The number of unbranched alkanes of at least 4 members (excludes halogenated alkanes) is 14. The number of aliphatic hydroxyl groups is 1. The lowest BCUT2D eigenvalue weighted by Crippen LogP contribution is -2.39. The maximum absolute atomic E-state index is 11.7. The first-order chi connectivity index (χ1) is 16.0. The van der Waals surface area contributed by atoms with E-state index in [1.165, 1.54) is 97.0 Å². The van der Waals surface area contributed by atoms with Gasteiger partial charge in [-0.2, -0.15) is 9.68 Å². The number of hydrogen-bond donors (Lipinski definition) is 2. The molecule has 0 spiro atoms. The molecular formula is C25H54N3O5+. The van der Waals surface area contributed by atoms with Gasteiger partial charge in [-0.15, -0.1) is 0 Å². The Morgan fingerprint density at radius 2 is 1.27 bits per heavy atom. The number of hydrazine groups is 1. The summed E-state index contributed by atoms with van der Waals surface area (Å²) < 4.78 is 0. The van der Waals surface area contributed by atoms with Gasteiger partial charge in [0.15, 0.2) is 13.7 Å². The van der Waals surface area contributed by atoms with E-state index in [9.17, 15) is 9.70 Å². The summed E-state index contributed by atoms with van der Waals surface area (Å²) in [5.74, 6) is 0.172. The molecule has 0 heterocycles. The van der Waals surface area contributed by atoms with Crippen LogP contribution >= 0.6 is 0 Å². The van der Waals surface area contributed by atoms with Crippen molar-refractivity contribution in [3.05, 3.63) is 4.91 Å². The van der Waals surface area contributed by atoms with E-state index in [0.29, 0.717) is 6.42 Å². The standard InChI is InChI=1S/C22H46N2O.C3H8NO4/c1-4-6-7-8-9-10-11-12-13-14-15-16-17-18-19-20-22(25)23-24(3)21-5-2;1-7-4(6)8-3-2-5/h4-21H2,1-3H3,(H,23,25);5H,2-3H2,1H3/q;+1. The van der Waals surface area contributed by atoms with Crippen LogP contribution in [0.25, 0.3) is 0 Å². The quantitative estimate of drug-likeness (QED) is 0.141. The lowest BCUT2D eigenvalue weighted by Gasteiger charge is -2.16. The summed E-state index contributed by atoms with van der Waals surface area (Å²) in [4.78, 5) is 29.8. The largest absolute Gasteiger partial charge is 0.477 e. The van der Waals surface area contributed by atoms with E-state index in [1.54, 1.807) is 0 Å². The second kappa shape index (κ2) is 28.6. The van der Waals surface area contributed by atoms with Gasteiger partial charge in [-0.25, -0.2) is 5.01 Å². The third-order valence-electron chi connectivity index (χ3n) is 5.32. The molecule has 2 N–H and O–H groups in total. The molecule has 0 unspecified atom stereocenters. The summed E-state index contributed by atoms with van der Waals surface area (Å²) in [5.41, 5.74) is 2.92. The van der Waals surface area contributed by atoms with E-state index in [1.807, 2.05) is 12.1 Å². The number of amides is 1. The minimum atomic E-state index is -0.192. The van der Waals surface area contributed by atoms with Crippen molar-refractivity contribution in [1.29, 1.82) is 0 Å². The van der Waals surface area contributed by atoms with Crippen LogP contribution in [0, 0.1) is 4.91 Å². The van der Waals surface area contributed by atoms with Crippen molar-refractivity contribution in [3.63, 3.8) is 0 Å². The van der Waals surface area contributed by atoms with Gasteiger partial charge in [-0.1, -0.05) is 104 Å². The van der Waals surface area contributed by atoms with E-state index in [-0.39, 0.29) is 24.2 Å². The van der Waals surface area contributed by atoms with Crippen molar-refractivity contribution in [2.75, 3.05) is 33.9 Å². The van der Waals surface area contributed by atoms with Gasteiger partial charge in [-0.3, -0.25) is 10.2 Å². The minimum absolute atomic E-state index is 0.0443. The highest BCUT2D eigenvalue weighted by atomic mass is 17.0. The second-order valence-electron chi connectivity index (χ2n) is 8.62. The molecule has 33 heavy (non-hydrogen) atoms. The van der Waals surface area contributed by atoms with Crippen LogP contribution in [0.3, 0.4) is 0 Å². The second-order valence-corrected chi connectivity index (χ2v) is 8.62. The summed E-state index contributed by atoms with van der Waals surface area (Å²) in [7, 11) is 3.11. The first-order valence-electron chi connectivity index (χ1n) is 13.3. The van der Waals surface area contributed by atoms with Gasteiger partial charge in [0.2, 0.25) is 5.91 Å². The molecule has 0 aromatic rings. The number of aliphatic hydroxyl groups excluding tert-OH is 1. The SMILES string of the molecule is CCCCCCCCCCCCCCCCCC(=O)NN(C)CCC.CO[N+](=O)OCCO. The van der Waals surface area contributed by atoms with Gasteiger partial charge in [0.05, 0.1) is 6.61 Å². The molecule has 0 fully saturated rings. The highest BCUT2D eigenvalue weighted by molar-refractivity contribution is 5.75. The number of carbonyl (C=O) groups excluding carboxylic acids is 1. The van der Waals surface area contributed by atoms with Crippen molar-refractivity contribution < 1.29 is 24.7 Å². The van der Waals surface area contributed by atoms with Crippen molar-refractivity contribution >= 4 is 5.91 Å². The van der Waals surface area contributed by atoms with E-state index >= 15 is 0 Å². The molecule has 1 amide bonds. The minimum Gasteiger partial charge on any atom is -0.393 e. The first kappa shape index (κ1) is 33.8. The molecule has 0 aromatic heterocycles. The molecule has 0 aromatic carbocycles. The lowest BCUT2D eigenvalue weighted by atomic mass is 10.0. The van der Waals surface area contributed by atoms with Crippen LogP contribution < -0.4 is 5.43 Å². The van der Waals surface area contributed by atoms with Gasteiger partial charge in [-0.05, 0) is 12.8 Å². The monoisotopic (exact) mass is 476 g/mol. The normalized spacial score (nSPS) is 10.5. The van der Waals surface area contributed by atoms with Crippen LogP contribution in [-0.4, -0.2) is 55.0 Å². The first-order valence-corrected chi connectivity index (χ1v) is 13.3. The van der Waals surface area contributed by atoms with Crippen LogP contribution in [0.1, 0.15) is 123 Å². The average Bonchev–Trinajstić information content (AvgIpc) is 2.80. The Hall–Kier alpha value is -1.41. The van der Waals surface area contributed by atoms with Gasteiger partial charge >= 0.3 is 5.09 Å². The number of carbonyl (C=O) groups is 1. The van der Waals surface area contributed by atoms with Crippen LogP contribution in [0.2, 0.25) is 0 Å². The smallest absolute Gasteiger partial charge is 0.393 e. The highest BCUT2D eigenvalue weighted by Gasteiger charge is 2.05. The Morgan fingerprint density at radius 1 is 0.818 bits per heavy atom. The maximum atomic E-state index is 11.7. The third-order valence-corrected chi connectivity index (χ3v) is 5.32. The van der Waals surface area contributed by atoms with E-state index in [2.05, 4.69) is 28.9 Å². The molecule has 0 bridgehead atoms. The van der Waals surface area contributed by atoms with Gasteiger partial charge in [0.1, 0.15) is 4.91 Å². The maximum Gasteiger partial charge on any atom is 0.477 e. The molecule has 198 valence electrons. The Labute approximate surface area is 203 Å². The third kappa shape index (κ3) is 30.6. The van der Waals surface area contributed by atoms with Gasteiger partial charge < -0.3 is 5.11 Å². The number of rotatable bonds is 23. The molecule has 0 radical (unpaired) electrons. The fourth-order valence-electron chi connectivity index (χ4n) is 3.49. The fraction of sp³-hybridized carbons (Fsp3) is 0.960. The summed E-state index contributed by atoms with van der Waals surface area (Å²) >= 11 is 0. The van der Waals surface area contributed by atoms with Crippen molar-refractivity contribution in [2.24, 2.45) is 0 Å². The van der Waals surface area contributed by atoms with Crippen molar-refractivity contribution in [3.8, 4) is 0 Å². The predicted octanol–water partition coefficient (Wildman–Crippen LogP) is 5.87. The predicted molar refractivity (Wildman–Crippen MR) is 134 cm³/mol. The fourth-order valence-corrected chi connectivity index (χ4v) is 3.49. The van der Waals surface area contributed by atoms with Crippen LogP contribution in [0.15, 0.2) is 0 Å². The van der Waals surface area contributed by atoms with Crippen molar-refractivity contribution in [1.82, 2.24) is 10.4 Å². The summed E-state index contributed by atoms with van der Waals surface area (Å²) in [6.45, 7) is 5.09. The number of nitrogens with one attached hydrogen (secondary N) is 1. The average molecular weight is 477 g/mol. The zero-order chi connectivity index (χ0) is 25.0. The highest BCUT2D eigenvalue weighted by Crippen LogP contribution is 2.13. The van der Waals surface area contributed by atoms with E-state index < -0.39 is 0 Å². The van der Waals surface area contributed by atoms with Gasteiger partial charge in [0, 0.05) is 20.0 Å². The van der Waals surface area contributed by atoms with Crippen LogP contribution in [-0.2, 0) is 14.5 Å². The van der Waals surface area contributed by atoms with Crippen LogP contribution in [0.4, 0.5) is 0 Å².